The molecule has 0 N–H and O–H groups in total. The van der Waals surface area contributed by atoms with Crippen molar-refractivity contribution < 1.29 is 9.53 Å². The lowest BCUT2D eigenvalue weighted by Crippen LogP contribution is -2.41. The van der Waals surface area contributed by atoms with E-state index in [1.54, 1.807) is 0 Å². The zero-order chi connectivity index (χ0) is 14.8. The van der Waals surface area contributed by atoms with E-state index in [2.05, 4.69) is 9.88 Å². The maximum Gasteiger partial charge on any atom is 0.323 e. The van der Waals surface area contributed by atoms with Crippen LogP contribution in [0, 0.1) is 0 Å². The minimum absolute atomic E-state index is 0.0881. The summed E-state index contributed by atoms with van der Waals surface area (Å²) in [6, 6.07) is -0.0884. The Balaban J connectivity index is 1.91. The van der Waals surface area contributed by atoms with E-state index in [1.165, 1.54) is 0 Å². The van der Waals surface area contributed by atoms with E-state index in [0.717, 1.165) is 38.2 Å². The summed E-state index contributed by atoms with van der Waals surface area (Å²) in [5, 5.41) is 0. The maximum absolute atomic E-state index is 12.2. The van der Waals surface area contributed by atoms with Gasteiger partial charge in [0.25, 0.3) is 0 Å². The van der Waals surface area contributed by atoms with Crippen molar-refractivity contribution in [2.24, 2.45) is 7.05 Å². The lowest BCUT2D eigenvalue weighted by Gasteiger charge is -2.27. The number of hydrogen-bond acceptors (Lipinski definition) is 4. The Labute approximate surface area is 120 Å². The summed E-state index contributed by atoms with van der Waals surface area (Å²) in [7, 11) is 2.00. The van der Waals surface area contributed by atoms with Crippen molar-refractivity contribution in [1.29, 1.82) is 0 Å². The van der Waals surface area contributed by atoms with Crippen LogP contribution in [0.2, 0.25) is 0 Å². The molecule has 0 radical (unpaired) electrons. The number of ether oxygens (including phenoxy) is 1. The van der Waals surface area contributed by atoms with Gasteiger partial charge in [-0.3, -0.25) is 9.69 Å². The highest BCUT2D eigenvalue weighted by Gasteiger charge is 2.33. The van der Waals surface area contributed by atoms with Crippen LogP contribution in [0.3, 0.4) is 0 Å². The number of esters is 1. The zero-order valence-electron chi connectivity index (χ0n) is 12.9. The molecular weight excluding hydrogens is 254 g/mol. The van der Waals surface area contributed by atoms with E-state index >= 15 is 0 Å². The van der Waals surface area contributed by atoms with E-state index in [4.69, 9.17) is 4.74 Å². The van der Waals surface area contributed by atoms with Crippen molar-refractivity contribution in [2.45, 2.75) is 51.7 Å². The van der Waals surface area contributed by atoms with Crippen LogP contribution in [0.5, 0.6) is 0 Å². The van der Waals surface area contributed by atoms with Crippen molar-refractivity contribution in [3.63, 3.8) is 0 Å². The normalized spacial score (nSPS) is 20.3. The highest BCUT2D eigenvalue weighted by Crippen LogP contribution is 2.21. The van der Waals surface area contributed by atoms with Gasteiger partial charge in [0, 0.05) is 32.4 Å². The lowest BCUT2D eigenvalue weighted by molar-refractivity contribution is -0.160. The molecule has 5 nitrogen and oxygen atoms in total. The van der Waals surface area contributed by atoms with Gasteiger partial charge >= 0.3 is 5.97 Å². The van der Waals surface area contributed by atoms with E-state index in [9.17, 15) is 4.79 Å². The molecule has 1 aliphatic heterocycles. The number of imidazole rings is 1. The number of nitrogens with zero attached hydrogens (tertiary/aromatic N) is 3. The summed E-state index contributed by atoms with van der Waals surface area (Å²) in [4.78, 5) is 18.8. The first kappa shape index (κ1) is 15.0. The number of rotatable bonds is 4. The second-order valence-corrected chi connectivity index (χ2v) is 6.43. The number of hydrogen-bond donors (Lipinski definition) is 0. The first-order valence-corrected chi connectivity index (χ1v) is 7.30. The molecule has 0 saturated carbocycles. The van der Waals surface area contributed by atoms with Crippen molar-refractivity contribution in [1.82, 2.24) is 14.5 Å². The maximum atomic E-state index is 12.2. The summed E-state index contributed by atoms with van der Waals surface area (Å²) in [5.41, 5.74) is -0.412. The molecule has 20 heavy (non-hydrogen) atoms. The van der Waals surface area contributed by atoms with Crippen LogP contribution in [-0.4, -0.2) is 45.2 Å². The second-order valence-electron chi connectivity index (χ2n) is 6.43. The average Bonchev–Trinajstić information content (AvgIpc) is 2.92. The van der Waals surface area contributed by atoms with E-state index in [0.29, 0.717) is 0 Å². The first-order chi connectivity index (χ1) is 9.37. The quantitative estimate of drug-likeness (QED) is 0.788. The van der Waals surface area contributed by atoms with Gasteiger partial charge in [0.1, 0.15) is 17.5 Å². The summed E-state index contributed by atoms with van der Waals surface area (Å²) in [6.45, 7) is 7.57. The molecule has 0 unspecified atom stereocenters. The summed E-state index contributed by atoms with van der Waals surface area (Å²) < 4.78 is 7.54. The monoisotopic (exact) mass is 279 g/mol. The standard InChI is InChI=1S/C15H25N3O2/c1-15(2,3)20-14(19)12-6-5-9-18(12)10-7-13-16-8-11-17(13)4/h8,11-12H,5-7,9-10H2,1-4H3/t12-/m1/s1. The molecule has 1 saturated heterocycles. The molecule has 2 rings (SSSR count). The topological polar surface area (TPSA) is 47.4 Å². The first-order valence-electron chi connectivity index (χ1n) is 7.30. The number of aromatic nitrogens is 2. The molecule has 0 spiro atoms. The van der Waals surface area contributed by atoms with Crippen LogP contribution in [-0.2, 0) is 23.0 Å². The largest absolute Gasteiger partial charge is 0.459 e. The molecule has 1 aromatic heterocycles. The van der Waals surface area contributed by atoms with Crippen LogP contribution < -0.4 is 0 Å². The Bertz CT molecular complexity index is 462. The minimum Gasteiger partial charge on any atom is -0.459 e. The van der Waals surface area contributed by atoms with Gasteiger partial charge in [-0.15, -0.1) is 0 Å². The smallest absolute Gasteiger partial charge is 0.323 e. The van der Waals surface area contributed by atoms with Gasteiger partial charge < -0.3 is 9.30 Å². The lowest BCUT2D eigenvalue weighted by atomic mass is 10.1. The van der Waals surface area contributed by atoms with Gasteiger partial charge in [-0.25, -0.2) is 4.98 Å². The third-order valence-corrected chi connectivity index (χ3v) is 3.59. The Hall–Kier alpha value is -1.36. The van der Waals surface area contributed by atoms with Gasteiger partial charge in [-0.2, -0.15) is 0 Å². The van der Waals surface area contributed by atoms with Crippen molar-refractivity contribution in [3.8, 4) is 0 Å². The SMILES string of the molecule is Cn1ccnc1CCN1CCC[C@@H]1C(=O)OC(C)(C)C. The number of carbonyl (C=O) groups excluding carboxylic acids is 1. The highest BCUT2D eigenvalue weighted by atomic mass is 16.6. The molecule has 1 atom stereocenters. The van der Waals surface area contributed by atoms with Crippen molar-refractivity contribution >= 4 is 5.97 Å². The van der Waals surface area contributed by atoms with Crippen molar-refractivity contribution in [2.75, 3.05) is 13.1 Å². The molecule has 0 amide bonds. The van der Waals surface area contributed by atoms with Crippen LogP contribution in [0.25, 0.3) is 0 Å². The number of likely N-dealkylation sites (tertiary alicyclic amines) is 1. The van der Waals surface area contributed by atoms with Crippen LogP contribution >= 0.6 is 0 Å². The van der Waals surface area contributed by atoms with Gasteiger partial charge in [0.2, 0.25) is 0 Å². The highest BCUT2D eigenvalue weighted by molar-refractivity contribution is 5.76. The van der Waals surface area contributed by atoms with E-state index in [1.807, 2.05) is 44.8 Å². The van der Waals surface area contributed by atoms with E-state index in [-0.39, 0.29) is 12.0 Å². The summed E-state index contributed by atoms with van der Waals surface area (Å²) in [6.07, 6.45) is 6.58. The van der Waals surface area contributed by atoms with Crippen LogP contribution in [0.4, 0.5) is 0 Å². The number of aryl methyl sites for hydroxylation is 1. The Kier molecular flexibility index (Phi) is 4.48. The summed E-state index contributed by atoms with van der Waals surface area (Å²) >= 11 is 0. The van der Waals surface area contributed by atoms with Crippen LogP contribution in [0.1, 0.15) is 39.4 Å². The molecule has 1 fully saturated rings. The number of carbonyl (C=O) groups is 1. The van der Waals surface area contributed by atoms with Gasteiger partial charge in [0.05, 0.1) is 0 Å². The molecule has 5 heteroatoms. The summed E-state index contributed by atoms with van der Waals surface area (Å²) in [5.74, 6) is 0.967. The fourth-order valence-corrected chi connectivity index (χ4v) is 2.61. The van der Waals surface area contributed by atoms with Crippen LogP contribution in [0.15, 0.2) is 12.4 Å². The predicted octanol–water partition coefficient (Wildman–Crippen LogP) is 1.77. The van der Waals surface area contributed by atoms with Crippen molar-refractivity contribution in [3.05, 3.63) is 18.2 Å². The molecule has 0 aromatic carbocycles. The molecular formula is C15H25N3O2. The van der Waals surface area contributed by atoms with Gasteiger partial charge in [0.15, 0.2) is 0 Å². The molecule has 0 aliphatic carbocycles. The molecule has 1 aliphatic rings. The fraction of sp³-hybridized carbons (Fsp3) is 0.733. The fourth-order valence-electron chi connectivity index (χ4n) is 2.61. The third kappa shape index (κ3) is 3.82. The third-order valence-electron chi connectivity index (χ3n) is 3.59. The van der Waals surface area contributed by atoms with E-state index < -0.39 is 5.60 Å². The zero-order valence-corrected chi connectivity index (χ0v) is 12.9. The molecule has 0 bridgehead atoms. The molecule has 2 heterocycles. The van der Waals surface area contributed by atoms with Gasteiger partial charge in [-0.1, -0.05) is 0 Å². The Morgan fingerprint density at radius 2 is 2.25 bits per heavy atom. The predicted molar refractivity (Wildman–Crippen MR) is 77.4 cm³/mol. The molecule has 112 valence electrons. The molecule has 1 aromatic rings. The minimum atomic E-state index is -0.412. The second kappa shape index (κ2) is 5.95. The van der Waals surface area contributed by atoms with Gasteiger partial charge in [-0.05, 0) is 40.2 Å². The average molecular weight is 279 g/mol. The Morgan fingerprint density at radius 1 is 1.50 bits per heavy atom. The Morgan fingerprint density at radius 3 is 2.85 bits per heavy atom.